The molecule has 1 spiro atoms. The van der Waals surface area contributed by atoms with E-state index >= 15 is 0 Å². The molecule has 8 heteroatoms. The molecule has 1 N–H and O–H groups in total. The Hall–Kier alpha value is -3.16. The first kappa shape index (κ1) is 24.5. The highest BCUT2D eigenvalue weighted by atomic mass is 16.5. The zero-order valence-corrected chi connectivity index (χ0v) is 21.3. The van der Waals surface area contributed by atoms with E-state index in [-0.39, 0.29) is 35.1 Å². The summed E-state index contributed by atoms with van der Waals surface area (Å²) in [5.41, 5.74) is 1.92. The van der Waals surface area contributed by atoms with Crippen LogP contribution >= 0.6 is 0 Å². The maximum Gasteiger partial charge on any atom is 0.259 e. The van der Waals surface area contributed by atoms with Gasteiger partial charge in [-0.1, -0.05) is 36.2 Å². The number of likely N-dealkylation sites (tertiary alicyclic amines) is 2. The van der Waals surface area contributed by atoms with Crippen molar-refractivity contribution in [3.05, 3.63) is 52.9 Å². The van der Waals surface area contributed by atoms with Gasteiger partial charge in [0.1, 0.15) is 11.3 Å². The number of hydrogen-bond donors (Lipinski definition) is 1. The lowest BCUT2D eigenvalue weighted by atomic mass is 9.77. The van der Waals surface area contributed by atoms with Crippen molar-refractivity contribution in [1.82, 2.24) is 20.3 Å². The Balaban J connectivity index is 1.19. The number of carbonyl (C=O) groups excluding carboxylic acids is 3. The molecule has 5 rings (SSSR count). The molecule has 1 aromatic carbocycles. The maximum atomic E-state index is 13.7. The van der Waals surface area contributed by atoms with Crippen molar-refractivity contribution in [2.45, 2.75) is 64.8 Å². The number of benzene rings is 1. The number of aryl methyl sites for hydroxylation is 2. The van der Waals surface area contributed by atoms with Crippen molar-refractivity contribution >= 4 is 17.7 Å². The summed E-state index contributed by atoms with van der Waals surface area (Å²) in [6.07, 6.45) is 6.47. The van der Waals surface area contributed by atoms with Crippen LogP contribution in [0.25, 0.3) is 0 Å². The van der Waals surface area contributed by atoms with E-state index in [0.717, 1.165) is 58.0 Å². The van der Waals surface area contributed by atoms with Crippen molar-refractivity contribution in [3.63, 3.8) is 0 Å². The van der Waals surface area contributed by atoms with E-state index in [1.807, 2.05) is 40.1 Å². The second-order valence-corrected chi connectivity index (χ2v) is 10.8. The second-order valence-electron chi connectivity index (χ2n) is 10.8. The molecule has 0 bridgehead atoms. The summed E-state index contributed by atoms with van der Waals surface area (Å²) < 4.78 is 5.19. The zero-order valence-electron chi connectivity index (χ0n) is 21.3. The normalized spacial score (nSPS) is 23.6. The number of rotatable bonds is 4. The molecule has 1 saturated carbocycles. The number of carbonyl (C=O) groups is 3. The summed E-state index contributed by atoms with van der Waals surface area (Å²) in [6.45, 7) is 6.45. The third-order valence-corrected chi connectivity index (χ3v) is 8.54. The largest absolute Gasteiger partial charge is 0.361 e. The second kappa shape index (κ2) is 10.1. The summed E-state index contributed by atoms with van der Waals surface area (Å²) in [4.78, 5) is 43.4. The van der Waals surface area contributed by atoms with Crippen LogP contribution in [-0.2, 0) is 4.79 Å². The molecule has 0 radical (unpaired) electrons. The fourth-order valence-corrected chi connectivity index (χ4v) is 6.34. The summed E-state index contributed by atoms with van der Waals surface area (Å²) in [5.74, 6) is 0.471. The fourth-order valence-electron chi connectivity index (χ4n) is 6.34. The van der Waals surface area contributed by atoms with Crippen LogP contribution < -0.4 is 5.32 Å². The van der Waals surface area contributed by atoms with Crippen LogP contribution in [0.15, 0.2) is 34.9 Å². The average Bonchev–Trinajstić information content (AvgIpc) is 3.47. The van der Waals surface area contributed by atoms with Gasteiger partial charge < -0.3 is 19.6 Å². The first-order chi connectivity index (χ1) is 17.4. The van der Waals surface area contributed by atoms with Crippen molar-refractivity contribution in [2.24, 2.45) is 11.3 Å². The smallest absolute Gasteiger partial charge is 0.259 e. The van der Waals surface area contributed by atoms with E-state index < -0.39 is 0 Å². The lowest BCUT2D eigenvalue weighted by molar-refractivity contribution is -0.136. The number of nitrogens with zero attached hydrogens (tertiary/aromatic N) is 3. The van der Waals surface area contributed by atoms with Gasteiger partial charge in [0.05, 0.1) is 11.6 Å². The van der Waals surface area contributed by atoms with Gasteiger partial charge in [0.2, 0.25) is 5.91 Å². The van der Waals surface area contributed by atoms with Gasteiger partial charge in [-0.2, -0.15) is 0 Å². The predicted molar refractivity (Wildman–Crippen MR) is 134 cm³/mol. The molecule has 3 heterocycles. The van der Waals surface area contributed by atoms with Crippen LogP contribution in [0.2, 0.25) is 0 Å². The Kier molecular flexibility index (Phi) is 6.86. The van der Waals surface area contributed by atoms with E-state index in [1.165, 1.54) is 0 Å². The Morgan fingerprint density at radius 3 is 2.31 bits per heavy atom. The van der Waals surface area contributed by atoms with Crippen LogP contribution in [0.3, 0.4) is 0 Å². The van der Waals surface area contributed by atoms with Gasteiger partial charge in [-0.15, -0.1) is 0 Å². The summed E-state index contributed by atoms with van der Waals surface area (Å²) in [7, 11) is 0. The van der Waals surface area contributed by atoms with Crippen LogP contribution in [0.4, 0.5) is 0 Å². The molecule has 2 aliphatic heterocycles. The topological polar surface area (TPSA) is 95.8 Å². The highest BCUT2D eigenvalue weighted by Gasteiger charge is 2.45. The van der Waals surface area contributed by atoms with E-state index in [4.69, 9.17) is 4.52 Å². The first-order valence-electron chi connectivity index (χ1n) is 13.2. The molecule has 2 aromatic rings. The number of amides is 3. The van der Waals surface area contributed by atoms with Crippen molar-refractivity contribution < 1.29 is 18.9 Å². The molecule has 3 fully saturated rings. The average molecular weight is 493 g/mol. The van der Waals surface area contributed by atoms with Crippen LogP contribution in [0.5, 0.6) is 0 Å². The summed E-state index contributed by atoms with van der Waals surface area (Å²) in [6, 6.07) is 9.10. The molecule has 36 heavy (non-hydrogen) atoms. The standard InChI is InChI=1S/C28H36N4O4/c1-19-24(20(2)36-30-19)27(35)31-15-12-28(13-16-31)14-17-32(18-28)26(34)22-10-6-7-11-23(22)29-25(33)21-8-4-3-5-9-21/h3-5,8-9,22-23H,6-7,10-18H2,1-2H3,(H,29,33). The van der Waals surface area contributed by atoms with Gasteiger partial charge in [-0.3, -0.25) is 14.4 Å². The number of hydrogen-bond acceptors (Lipinski definition) is 5. The lowest BCUT2D eigenvalue weighted by Crippen LogP contribution is -2.50. The number of piperidine rings is 1. The molecule has 2 unspecified atom stereocenters. The van der Waals surface area contributed by atoms with Crippen LogP contribution in [-0.4, -0.2) is 64.9 Å². The van der Waals surface area contributed by atoms with Gasteiger partial charge in [0.15, 0.2) is 0 Å². The molecule has 192 valence electrons. The third-order valence-electron chi connectivity index (χ3n) is 8.54. The van der Waals surface area contributed by atoms with E-state index in [1.54, 1.807) is 13.8 Å². The highest BCUT2D eigenvalue weighted by molar-refractivity contribution is 5.96. The highest BCUT2D eigenvalue weighted by Crippen LogP contribution is 2.42. The molecular weight excluding hydrogens is 456 g/mol. The minimum Gasteiger partial charge on any atom is -0.361 e. The molecular formula is C28H36N4O4. The van der Waals surface area contributed by atoms with Crippen LogP contribution in [0, 0.1) is 25.2 Å². The quantitative estimate of drug-likeness (QED) is 0.702. The lowest BCUT2D eigenvalue weighted by Gasteiger charge is -2.40. The molecule has 2 saturated heterocycles. The monoisotopic (exact) mass is 492 g/mol. The van der Waals surface area contributed by atoms with Gasteiger partial charge in [0, 0.05) is 37.8 Å². The maximum absolute atomic E-state index is 13.7. The van der Waals surface area contributed by atoms with E-state index in [9.17, 15) is 14.4 Å². The fraction of sp³-hybridized carbons (Fsp3) is 0.571. The van der Waals surface area contributed by atoms with Crippen LogP contribution in [0.1, 0.15) is 77.1 Å². The Bertz CT molecular complexity index is 1100. The molecule has 8 nitrogen and oxygen atoms in total. The molecule has 2 atom stereocenters. The number of nitrogens with one attached hydrogen (secondary N) is 1. The SMILES string of the molecule is Cc1noc(C)c1C(=O)N1CCC2(CC1)CCN(C(=O)C1CCCCC1NC(=O)c1ccccc1)C2. The Morgan fingerprint density at radius 2 is 1.64 bits per heavy atom. The van der Waals surface area contributed by atoms with E-state index in [0.29, 0.717) is 35.7 Å². The first-order valence-corrected chi connectivity index (χ1v) is 13.2. The Morgan fingerprint density at radius 1 is 0.972 bits per heavy atom. The summed E-state index contributed by atoms with van der Waals surface area (Å²) in [5, 5.41) is 7.08. The molecule has 1 aliphatic carbocycles. The minimum atomic E-state index is -0.164. The zero-order chi connectivity index (χ0) is 25.3. The molecule has 3 aliphatic rings. The molecule has 1 aromatic heterocycles. The van der Waals surface area contributed by atoms with Crippen molar-refractivity contribution in [2.75, 3.05) is 26.2 Å². The minimum absolute atomic E-state index is 0.00812. The number of aromatic nitrogens is 1. The third kappa shape index (κ3) is 4.77. The summed E-state index contributed by atoms with van der Waals surface area (Å²) >= 11 is 0. The van der Waals surface area contributed by atoms with Gasteiger partial charge in [0.25, 0.3) is 11.8 Å². The Labute approximate surface area is 212 Å². The van der Waals surface area contributed by atoms with Crippen molar-refractivity contribution in [3.8, 4) is 0 Å². The predicted octanol–water partition coefficient (Wildman–Crippen LogP) is 3.73. The van der Waals surface area contributed by atoms with Gasteiger partial charge in [-0.05, 0) is 63.5 Å². The molecule has 3 amide bonds. The van der Waals surface area contributed by atoms with E-state index in [2.05, 4.69) is 10.5 Å². The van der Waals surface area contributed by atoms with Crippen molar-refractivity contribution in [1.29, 1.82) is 0 Å². The van der Waals surface area contributed by atoms with Gasteiger partial charge in [-0.25, -0.2) is 0 Å². The van der Waals surface area contributed by atoms with Gasteiger partial charge >= 0.3 is 0 Å².